The number of amides is 2. The molecule has 1 aromatic carbocycles. The number of hydrogen-bond acceptors (Lipinski definition) is 5. The number of carbonyl (C=O) groups excluding carboxylic acids is 2. The van der Waals surface area contributed by atoms with Crippen LogP contribution in [0.25, 0.3) is 11.3 Å². The molecule has 0 atom stereocenters. The number of carbonyl (C=O) groups is 2. The number of hydrogen-bond donors (Lipinski definition) is 2. The van der Waals surface area contributed by atoms with Gasteiger partial charge in [0.05, 0.1) is 17.7 Å². The molecule has 1 aliphatic carbocycles. The summed E-state index contributed by atoms with van der Waals surface area (Å²) in [5.74, 6) is -1.23. The number of urea groups is 1. The molecule has 0 aliphatic heterocycles. The maximum Gasteiger partial charge on any atom is 1.00 e. The van der Waals surface area contributed by atoms with Gasteiger partial charge in [0.1, 0.15) is 5.69 Å². The zero-order chi connectivity index (χ0) is 17.2. The van der Waals surface area contributed by atoms with Gasteiger partial charge in [-0.05, 0) is 25.0 Å². The fourth-order valence-corrected chi connectivity index (χ4v) is 2.97. The second-order valence-corrected chi connectivity index (χ2v) is 6.01. The molecule has 8 nitrogen and oxygen atoms in total. The number of nitrogens with zero attached hydrogens (tertiary/aromatic N) is 3. The number of carboxylic acids is 1. The molecule has 9 heteroatoms. The van der Waals surface area contributed by atoms with E-state index in [0.717, 1.165) is 18.4 Å². The molecule has 25 heavy (non-hydrogen) atoms. The summed E-state index contributed by atoms with van der Waals surface area (Å²) in [7, 11) is 1.77. The number of carboxylic acid groups (broad SMARTS) is 1. The second kappa shape index (κ2) is 8.41. The molecule has 1 saturated carbocycles. The monoisotopic (exact) mass is 367 g/mol. The minimum Gasteiger partial charge on any atom is -0.548 e. The van der Waals surface area contributed by atoms with Crippen LogP contribution in [0.4, 0.5) is 10.5 Å². The summed E-state index contributed by atoms with van der Waals surface area (Å²) in [6.07, 6.45) is 4.07. The number of rotatable bonds is 4. The third kappa shape index (κ3) is 4.67. The number of nitrogens with one attached hydrogen (secondary N) is 2. The van der Waals surface area contributed by atoms with Gasteiger partial charge in [0.15, 0.2) is 0 Å². The molecular formula is C16H18KN5O3. The summed E-state index contributed by atoms with van der Waals surface area (Å²) >= 11 is 0. The Balaban J connectivity index is 0.00000225. The summed E-state index contributed by atoms with van der Waals surface area (Å²) in [6, 6.07) is 6.55. The van der Waals surface area contributed by atoms with E-state index in [-0.39, 0.29) is 51.4 Å². The zero-order valence-corrected chi connectivity index (χ0v) is 17.4. The van der Waals surface area contributed by atoms with Crippen LogP contribution in [-0.2, 0) is 11.8 Å². The second-order valence-electron chi connectivity index (χ2n) is 6.01. The Morgan fingerprint density at radius 3 is 2.60 bits per heavy atom. The molecule has 0 unspecified atom stereocenters. The zero-order valence-electron chi connectivity index (χ0n) is 14.3. The van der Waals surface area contributed by atoms with Gasteiger partial charge in [0, 0.05) is 18.3 Å². The molecule has 0 radical (unpaired) electrons. The molecule has 2 N–H and O–H groups in total. The van der Waals surface area contributed by atoms with Gasteiger partial charge in [-0.1, -0.05) is 30.2 Å². The minimum absolute atomic E-state index is 0. The third-order valence-electron chi connectivity index (χ3n) is 4.22. The van der Waals surface area contributed by atoms with E-state index in [1.165, 1.54) is 0 Å². The quantitative estimate of drug-likeness (QED) is 0.589. The molecule has 2 aromatic rings. The van der Waals surface area contributed by atoms with Crippen LogP contribution in [0.1, 0.15) is 25.7 Å². The van der Waals surface area contributed by atoms with Crippen LogP contribution < -0.4 is 67.1 Å². The summed E-state index contributed by atoms with van der Waals surface area (Å²) in [4.78, 5) is 23.6. The molecule has 1 aromatic heterocycles. The molecule has 0 bridgehead atoms. The van der Waals surface area contributed by atoms with Gasteiger partial charge in [-0.3, -0.25) is 4.68 Å². The molecule has 2 amide bonds. The summed E-state index contributed by atoms with van der Waals surface area (Å²) in [5, 5.41) is 24.5. The molecule has 1 aliphatic rings. The van der Waals surface area contributed by atoms with Crippen LogP contribution >= 0.6 is 0 Å². The van der Waals surface area contributed by atoms with E-state index < -0.39 is 17.5 Å². The SMILES string of the molecule is Cn1cc(-c2cccc(NC(=O)NC3(C(=O)[O-])CCCC3)c2)nn1.[K+]. The van der Waals surface area contributed by atoms with Crippen molar-refractivity contribution < 1.29 is 66.1 Å². The maximum absolute atomic E-state index is 12.2. The fraction of sp³-hybridized carbons (Fsp3) is 0.375. The molecule has 0 saturated heterocycles. The van der Waals surface area contributed by atoms with Gasteiger partial charge in [0.25, 0.3) is 0 Å². The minimum atomic E-state index is -1.27. The largest absolute Gasteiger partial charge is 1.00 e. The Hall–Kier alpha value is -1.26. The molecule has 3 rings (SSSR count). The van der Waals surface area contributed by atoms with Crippen molar-refractivity contribution in [1.82, 2.24) is 20.3 Å². The summed E-state index contributed by atoms with van der Waals surface area (Å²) in [5.41, 5.74) is 0.758. The number of aryl methyl sites for hydroxylation is 1. The van der Waals surface area contributed by atoms with Crippen LogP contribution in [0.3, 0.4) is 0 Å². The Kier molecular flexibility index (Phi) is 6.75. The number of anilines is 1. The molecule has 0 spiro atoms. The van der Waals surface area contributed by atoms with Crippen LogP contribution in [0.2, 0.25) is 0 Å². The van der Waals surface area contributed by atoms with E-state index in [1.807, 2.05) is 6.07 Å². The van der Waals surface area contributed by atoms with Gasteiger partial charge >= 0.3 is 57.4 Å². The molecule has 1 fully saturated rings. The predicted octanol–water partition coefficient (Wildman–Crippen LogP) is -2.33. The van der Waals surface area contributed by atoms with Crippen molar-refractivity contribution >= 4 is 17.7 Å². The topological polar surface area (TPSA) is 112 Å². The van der Waals surface area contributed by atoms with E-state index in [2.05, 4.69) is 20.9 Å². The smallest absolute Gasteiger partial charge is 0.548 e. The van der Waals surface area contributed by atoms with Crippen molar-refractivity contribution in [3.05, 3.63) is 30.5 Å². The van der Waals surface area contributed by atoms with Crippen molar-refractivity contribution in [2.24, 2.45) is 7.05 Å². The Morgan fingerprint density at radius 2 is 2.00 bits per heavy atom. The van der Waals surface area contributed by atoms with Crippen LogP contribution in [0.15, 0.2) is 30.5 Å². The van der Waals surface area contributed by atoms with Crippen molar-refractivity contribution in [1.29, 1.82) is 0 Å². The number of aliphatic carboxylic acids is 1. The van der Waals surface area contributed by atoms with Crippen molar-refractivity contribution in [2.45, 2.75) is 31.2 Å². The first-order valence-electron chi connectivity index (χ1n) is 7.76. The van der Waals surface area contributed by atoms with E-state index in [9.17, 15) is 14.7 Å². The van der Waals surface area contributed by atoms with Crippen molar-refractivity contribution in [3.63, 3.8) is 0 Å². The molecule has 126 valence electrons. The van der Waals surface area contributed by atoms with E-state index in [1.54, 1.807) is 36.1 Å². The van der Waals surface area contributed by atoms with Crippen LogP contribution in [0.5, 0.6) is 0 Å². The first-order chi connectivity index (χ1) is 11.5. The van der Waals surface area contributed by atoms with Crippen LogP contribution in [0, 0.1) is 0 Å². The van der Waals surface area contributed by atoms with Gasteiger partial charge < -0.3 is 20.5 Å². The van der Waals surface area contributed by atoms with Gasteiger partial charge in [-0.15, -0.1) is 5.10 Å². The van der Waals surface area contributed by atoms with Crippen molar-refractivity contribution in [3.8, 4) is 11.3 Å². The average molecular weight is 367 g/mol. The first kappa shape index (κ1) is 20.1. The molecular weight excluding hydrogens is 349 g/mol. The van der Waals surface area contributed by atoms with E-state index in [4.69, 9.17) is 0 Å². The summed E-state index contributed by atoms with van der Waals surface area (Å²) < 4.78 is 1.59. The van der Waals surface area contributed by atoms with Crippen LogP contribution in [-0.4, -0.2) is 32.5 Å². The fourth-order valence-electron chi connectivity index (χ4n) is 2.97. The van der Waals surface area contributed by atoms with Gasteiger partial charge in [-0.25, -0.2) is 4.79 Å². The third-order valence-corrected chi connectivity index (χ3v) is 4.22. The van der Waals surface area contributed by atoms with E-state index >= 15 is 0 Å². The Morgan fingerprint density at radius 1 is 1.28 bits per heavy atom. The maximum atomic E-state index is 12.2. The van der Waals surface area contributed by atoms with Crippen molar-refractivity contribution in [2.75, 3.05) is 5.32 Å². The van der Waals surface area contributed by atoms with Gasteiger partial charge in [-0.2, -0.15) is 0 Å². The number of aromatic nitrogens is 3. The standard InChI is InChI=1S/C16H19N5O3.K/c1-21-10-13(19-20-21)11-5-4-6-12(9-11)17-15(24)18-16(14(22)23)7-2-3-8-16;/h4-6,9-10H,2-3,7-8H2,1H3,(H,22,23)(H2,17,18,24);/q;+1/p-1. The Labute approximate surface area is 187 Å². The molecule has 1 heterocycles. The first-order valence-corrected chi connectivity index (χ1v) is 7.76. The van der Waals surface area contributed by atoms with E-state index in [0.29, 0.717) is 24.2 Å². The Bertz CT molecular complexity index is 771. The predicted molar refractivity (Wildman–Crippen MR) is 84.8 cm³/mol. The van der Waals surface area contributed by atoms with Gasteiger partial charge in [0.2, 0.25) is 0 Å². The normalized spacial score (nSPS) is 15.2. The number of benzene rings is 1. The average Bonchev–Trinajstić information content (AvgIpc) is 3.17. The summed E-state index contributed by atoms with van der Waals surface area (Å²) in [6.45, 7) is 0.